The molecule has 0 saturated carbocycles. The second-order valence-corrected chi connectivity index (χ2v) is 16.7. The molecule has 9 aromatic carbocycles. The van der Waals surface area contributed by atoms with Crippen molar-refractivity contribution in [1.82, 2.24) is 9.97 Å². The van der Waals surface area contributed by atoms with Crippen molar-refractivity contribution in [3.8, 4) is 78.4 Å². The SMILES string of the molecule is CC1(c2ccccc2)c2ccccc2-c2cc(-c3ccc(-c4cc(-c5cc(-c6ccccc6)cc(-c6ccc7oc8ccccc8c7c6)c5)nc(-c5ccccc5)n4)cc3)ccc21. The van der Waals surface area contributed by atoms with Gasteiger partial charge in [0.25, 0.3) is 0 Å². The lowest BCUT2D eigenvalue weighted by Gasteiger charge is -2.28. The fourth-order valence-corrected chi connectivity index (χ4v) is 9.70. The van der Waals surface area contributed by atoms with Gasteiger partial charge in [-0.1, -0.05) is 176 Å². The summed E-state index contributed by atoms with van der Waals surface area (Å²) in [6, 6.07) is 80.1. The number of fused-ring (bicyclic) bond motifs is 6. The van der Waals surface area contributed by atoms with Crippen LogP contribution in [0.2, 0.25) is 0 Å². The largest absolute Gasteiger partial charge is 0.456 e. The number of benzene rings is 9. The highest BCUT2D eigenvalue weighted by Crippen LogP contribution is 2.53. The Balaban J connectivity index is 0.964. The topological polar surface area (TPSA) is 38.9 Å². The lowest BCUT2D eigenvalue weighted by atomic mass is 9.74. The summed E-state index contributed by atoms with van der Waals surface area (Å²) < 4.78 is 6.21. The van der Waals surface area contributed by atoms with Crippen LogP contribution < -0.4 is 0 Å². The van der Waals surface area contributed by atoms with E-state index < -0.39 is 0 Å². The lowest BCUT2D eigenvalue weighted by Crippen LogP contribution is -2.22. The Bertz CT molecular complexity index is 3500. The molecule has 0 N–H and O–H groups in total. The van der Waals surface area contributed by atoms with Gasteiger partial charge in [-0.2, -0.15) is 0 Å². The van der Waals surface area contributed by atoms with Crippen molar-refractivity contribution in [1.29, 1.82) is 0 Å². The van der Waals surface area contributed by atoms with Crippen molar-refractivity contribution >= 4 is 21.9 Å². The van der Waals surface area contributed by atoms with Gasteiger partial charge >= 0.3 is 0 Å². The van der Waals surface area contributed by atoms with Crippen LogP contribution in [-0.4, -0.2) is 9.97 Å². The molecule has 3 heteroatoms. The molecular formula is C60H40N2O. The Morgan fingerprint density at radius 1 is 0.333 bits per heavy atom. The number of furan rings is 1. The van der Waals surface area contributed by atoms with E-state index >= 15 is 0 Å². The van der Waals surface area contributed by atoms with E-state index in [0.717, 1.165) is 77.8 Å². The van der Waals surface area contributed by atoms with E-state index in [2.05, 4.69) is 201 Å². The highest BCUT2D eigenvalue weighted by atomic mass is 16.3. The molecule has 2 aromatic heterocycles. The number of rotatable bonds is 7. The minimum atomic E-state index is -0.222. The van der Waals surface area contributed by atoms with E-state index in [1.807, 2.05) is 30.3 Å². The maximum absolute atomic E-state index is 6.21. The maximum Gasteiger partial charge on any atom is 0.160 e. The molecule has 2 heterocycles. The molecule has 1 aliphatic carbocycles. The fraction of sp³-hybridized carbons (Fsp3) is 0.0333. The third-order valence-electron chi connectivity index (χ3n) is 13.0. The predicted octanol–water partition coefficient (Wildman–Crippen LogP) is 15.7. The van der Waals surface area contributed by atoms with Gasteiger partial charge in [-0.3, -0.25) is 0 Å². The van der Waals surface area contributed by atoms with E-state index in [4.69, 9.17) is 14.4 Å². The van der Waals surface area contributed by atoms with E-state index in [1.165, 1.54) is 33.4 Å². The molecular weight excluding hydrogens is 765 g/mol. The number of nitrogens with zero attached hydrogens (tertiary/aromatic N) is 2. The van der Waals surface area contributed by atoms with Gasteiger partial charge in [0, 0.05) is 32.9 Å². The molecule has 0 radical (unpaired) electrons. The van der Waals surface area contributed by atoms with Crippen LogP contribution in [0.15, 0.2) is 229 Å². The third-order valence-corrected chi connectivity index (χ3v) is 13.0. The average Bonchev–Trinajstić information content (AvgIpc) is 3.87. The van der Waals surface area contributed by atoms with Crippen LogP contribution in [0, 0.1) is 0 Å². The van der Waals surface area contributed by atoms with Crippen molar-refractivity contribution < 1.29 is 4.42 Å². The highest BCUT2D eigenvalue weighted by Gasteiger charge is 2.40. The van der Waals surface area contributed by atoms with Gasteiger partial charge < -0.3 is 4.42 Å². The molecule has 296 valence electrons. The van der Waals surface area contributed by atoms with Crippen molar-refractivity contribution in [3.05, 3.63) is 241 Å². The first kappa shape index (κ1) is 36.7. The Labute approximate surface area is 366 Å². The number of aromatic nitrogens is 2. The van der Waals surface area contributed by atoms with Gasteiger partial charge in [0.05, 0.1) is 11.4 Å². The molecule has 0 saturated heterocycles. The van der Waals surface area contributed by atoms with Crippen molar-refractivity contribution in [2.24, 2.45) is 0 Å². The van der Waals surface area contributed by atoms with Gasteiger partial charge in [0.2, 0.25) is 0 Å². The summed E-state index contributed by atoms with van der Waals surface area (Å²) in [5.74, 6) is 0.684. The first-order valence-electron chi connectivity index (χ1n) is 21.5. The van der Waals surface area contributed by atoms with E-state index in [-0.39, 0.29) is 5.41 Å². The Morgan fingerprint density at radius 3 is 1.63 bits per heavy atom. The Hall–Kier alpha value is -8.14. The Morgan fingerprint density at radius 2 is 0.857 bits per heavy atom. The molecule has 1 unspecified atom stereocenters. The zero-order chi connectivity index (χ0) is 41.9. The van der Waals surface area contributed by atoms with E-state index in [1.54, 1.807) is 0 Å². The van der Waals surface area contributed by atoms with Gasteiger partial charge in [0.1, 0.15) is 11.2 Å². The lowest BCUT2D eigenvalue weighted by molar-refractivity contribution is 0.669. The average molecular weight is 805 g/mol. The van der Waals surface area contributed by atoms with Gasteiger partial charge in [-0.05, 0) is 117 Å². The molecule has 0 amide bonds. The van der Waals surface area contributed by atoms with Crippen molar-refractivity contribution in [2.75, 3.05) is 0 Å². The number of para-hydroxylation sites is 1. The summed E-state index contributed by atoms with van der Waals surface area (Å²) in [5.41, 5.74) is 19.7. The van der Waals surface area contributed by atoms with E-state index in [0.29, 0.717) is 5.82 Å². The number of hydrogen-bond donors (Lipinski definition) is 0. The minimum Gasteiger partial charge on any atom is -0.456 e. The molecule has 0 fully saturated rings. The zero-order valence-corrected chi connectivity index (χ0v) is 34.7. The van der Waals surface area contributed by atoms with Crippen LogP contribution in [0.1, 0.15) is 23.6 Å². The monoisotopic (exact) mass is 804 g/mol. The van der Waals surface area contributed by atoms with Crippen LogP contribution in [0.4, 0.5) is 0 Å². The summed E-state index contributed by atoms with van der Waals surface area (Å²) in [6.07, 6.45) is 0. The molecule has 1 aliphatic rings. The van der Waals surface area contributed by atoms with Gasteiger partial charge in [-0.15, -0.1) is 0 Å². The molecule has 3 nitrogen and oxygen atoms in total. The normalized spacial score (nSPS) is 14.2. The summed E-state index contributed by atoms with van der Waals surface area (Å²) >= 11 is 0. The zero-order valence-electron chi connectivity index (χ0n) is 34.7. The van der Waals surface area contributed by atoms with Gasteiger partial charge in [0.15, 0.2) is 5.82 Å². The highest BCUT2D eigenvalue weighted by molar-refractivity contribution is 6.06. The molecule has 0 aliphatic heterocycles. The predicted molar refractivity (Wildman–Crippen MR) is 259 cm³/mol. The third kappa shape index (κ3) is 6.28. The standard InChI is InChI=1S/C60H40N2O/c1-60(48-19-9-4-10-20-48)53-23-13-11-21-49(53)51-36-43(29-31-54(51)60)40-25-27-41(28-26-40)55-38-56(62-59(61-55)42-17-7-3-8-18-42)47-34-45(39-15-5-2-6-16-39)33-46(35-47)44-30-32-58-52(37-44)50-22-12-14-24-57(50)63-58/h2-38H,1H3. The fourth-order valence-electron chi connectivity index (χ4n) is 9.70. The van der Waals surface area contributed by atoms with Gasteiger partial charge in [-0.25, -0.2) is 9.97 Å². The molecule has 12 rings (SSSR count). The quantitative estimate of drug-likeness (QED) is 0.161. The van der Waals surface area contributed by atoms with Crippen LogP contribution in [0.5, 0.6) is 0 Å². The van der Waals surface area contributed by atoms with Crippen LogP contribution in [0.25, 0.3) is 100 Å². The minimum absolute atomic E-state index is 0.222. The van der Waals surface area contributed by atoms with Crippen LogP contribution in [-0.2, 0) is 5.41 Å². The maximum atomic E-state index is 6.21. The first-order chi connectivity index (χ1) is 31.1. The summed E-state index contributed by atoms with van der Waals surface area (Å²) in [5, 5.41) is 2.21. The smallest absolute Gasteiger partial charge is 0.160 e. The second kappa shape index (κ2) is 14.8. The molecule has 11 aromatic rings. The van der Waals surface area contributed by atoms with E-state index in [9.17, 15) is 0 Å². The molecule has 1 atom stereocenters. The summed E-state index contributed by atoms with van der Waals surface area (Å²) in [4.78, 5) is 10.5. The van der Waals surface area contributed by atoms with Crippen molar-refractivity contribution in [2.45, 2.75) is 12.3 Å². The first-order valence-corrected chi connectivity index (χ1v) is 21.5. The Kier molecular flexibility index (Phi) is 8.62. The van der Waals surface area contributed by atoms with Crippen LogP contribution in [0.3, 0.4) is 0 Å². The summed E-state index contributed by atoms with van der Waals surface area (Å²) in [7, 11) is 0. The van der Waals surface area contributed by atoms with Crippen LogP contribution >= 0.6 is 0 Å². The molecule has 63 heavy (non-hydrogen) atoms. The van der Waals surface area contributed by atoms with Crippen molar-refractivity contribution in [3.63, 3.8) is 0 Å². The summed E-state index contributed by atoms with van der Waals surface area (Å²) in [6.45, 7) is 2.36. The second-order valence-electron chi connectivity index (χ2n) is 16.7. The number of hydrogen-bond acceptors (Lipinski definition) is 3. The molecule has 0 bridgehead atoms. The molecule has 0 spiro atoms.